The molecule has 1 aromatic carbocycles. The minimum Gasteiger partial charge on any atom is -0.448 e. The highest BCUT2D eigenvalue weighted by Crippen LogP contribution is 2.23. The molecule has 2 atom stereocenters. The molecule has 0 radical (unpaired) electrons. The zero-order chi connectivity index (χ0) is 22.8. The van der Waals surface area contributed by atoms with E-state index in [1.54, 1.807) is 12.1 Å². The monoisotopic (exact) mass is 449 g/mol. The van der Waals surface area contributed by atoms with Crippen LogP contribution in [0.25, 0.3) is 0 Å². The summed E-state index contributed by atoms with van der Waals surface area (Å²) in [6.45, 7) is 5.60. The first-order valence-electron chi connectivity index (χ1n) is 10.3. The normalized spacial score (nSPS) is 21.5. The summed E-state index contributed by atoms with van der Waals surface area (Å²) in [5.74, 6) is -1.41. The van der Waals surface area contributed by atoms with E-state index in [1.807, 2.05) is 12.1 Å². The van der Waals surface area contributed by atoms with Crippen molar-refractivity contribution in [2.45, 2.75) is 58.1 Å². The van der Waals surface area contributed by atoms with E-state index < -0.39 is 33.9 Å². The van der Waals surface area contributed by atoms with E-state index in [4.69, 9.17) is 4.74 Å². The molecule has 1 saturated heterocycles. The molecule has 0 saturated carbocycles. The van der Waals surface area contributed by atoms with Crippen molar-refractivity contribution >= 4 is 39.0 Å². The first-order valence-corrected chi connectivity index (χ1v) is 12.1. The summed E-state index contributed by atoms with van der Waals surface area (Å²) in [5.41, 5.74) is 1.73. The number of nitrogens with zero attached hydrogens (tertiary/aromatic N) is 2. The van der Waals surface area contributed by atoms with E-state index in [0.717, 1.165) is 10.6 Å². The van der Waals surface area contributed by atoms with Crippen LogP contribution in [0.1, 0.15) is 51.5 Å². The quantitative estimate of drug-likeness (QED) is 0.662. The molecule has 31 heavy (non-hydrogen) atoms. The van der Waals surface area contributed by atoms with Crippen LogP contribution >= 0.6 is 0 Å². The fraction of sp³-hybridized carbons (Fsp3) is 0.524. The van der Waals surface area contributed by atoms with Crippen molar-refractivity contribution in [1.29, 1.82) is 0 Å². The number of benzene rings is 1. The van der Waals surface area contributed by atoms with Gasteiger partial charge in [-0.05, 0) is 37.0 Å². The second-order valence-corrected chi connectivity index (χ2v) is 10.4. The van der Waals surface area contributed by atoms with E-state index in [2.05, 4.69) is 24.3 Å². The molecule has 2 heterocycles. The number of carbonyl (C=O) groups is 3. The van der Waals surface area contributed by atoms with Crippen LogP contribution in [0.5, 0.6) is 0 Å². The fourth-order valence-electron chi connectivity index (χ4n) is 3.45. The number of hydrazone groups is 1. The first kappa shape index (κ1) is 22.9. The maximum atomic E-state index is 12.5. The molecular weight excluding hydrogens is 422 g/mol. The van der Waals surface area contributed by atoms with Crippen LogP contribution < -0.4 is 5.32 Å². The zero-order valence-electron chi connectivity index (χ0n) is 17.8. The van der Waals surface area contributed by atoms with Gasteiger partial charge in [0.05, 0.1) is 17.5 Å². The van der Waals surface area contributed by atoms with Crippen LogP contribution in [0.15, 0.2) is 29.4 Å². The number of sulfone groups is 1. The number of anilines is 1. The third-order valence-electron chi connectivity index (χ3n) is 5.35. The Morgan fingerprint density at radius 2 is 1.84 bits per heavy atom. The molecule has 1 fully saturated rings. The number of ether oxygens (including phenoxy) is 1. The molecule has 1 aromatic rings. The van der Waals surface area contributed by atoms with E-state index in [1.165, 1.54) is 6.92 Å². The Kier molecular flexibility index (Phi) is 6.78. The van der Waals surface area contributed by atoms with Crippen molar-refractivity contribution in [1.82, 2.24) is 5.01 Å². The number of rotatable bonds is 6. The van der Waals surface area contributed by atoms with Gasteiger partial charge >= 0.3 is 5.97 Å². The van der Waals surface area contributed by atoms with Gasteiger partial charge < -0.3 is 10.1 Å². The van der Waals surface area contributed by atoms with Gasteiger partial charge in [-0.15, -0.1) is 0 Å². The Balaban J connectivity index is 1.61. The number of carbonyl (C=O) groups excluding carboxylic acids is 3. The fourth-order valence-corrected chi connectivity index (χ4v) is 5.14. The average molecular weight is 450 g/mol. The standard InChI is InChI=1S/C21H27N3O6S/c1-13(2)15-4-6-16(7-5-15)22-20(26)14(3)30-21(27)18-8-9-19(25)24(23-18)17-10-11-31(28,29)12-17/h4-7,13-14,17H,8-12H2,1-3H3,(H,22,26)/t14-,17+/m1/s1. The number of hydrogen-bond donors (Lipinski definition) is 1. The highest BCUT2D eigenvalue weighted by Gasteiger charge is 2.37. The molecular formula is C21H27N3O6S. The van der Waals surface area contributed by atoms with Crippen molar-refractivity contribution in [3.63, 3.8) is 0 Å². The van der Waals surface area contributed by atoms with Gasteiger partial charge in [0.25, 0.3) is 5.91 Å². The van der Waals surface area contributed by atoms with Crippen LogP contribution in [0, 0.1) is 0 Å². The summed E-state index contributed by atoms with van der Waals surface area (Å²) in [6.07, 6.45) is -0.668. The van der Waals surface area contributed by atoms with Crippen molar-refractivity contribution in [2.75, 3.05) is 16.8 Å². The maximum absolute atomic E-state index is 12.5. The van der Waals surface area contributed by atoms with Crippen LogP contribution in [-0.2, 0) is 29.0 Å². The summed E-state index contributed by atoms with van der Waals surface area (Å²) < 4.78 is 28.6. The summed E-state index contributed by atoms with van der Waals surface area (Å²) in [5, 5.41) is 7.85. The predicted molar refractivity (Wildman–Crippen MR) is 115 cm³/mol. The van der Waals surface area contributed by atoms with Crippen molar-refractivity contribution < 1.29 is 27.5 Å². The number of nitrogens with one attached hydrogen (secondary N) is 1. The van der Waals surface area contributed by atoms with E-state index in [-0.39, 0.29) is 42.4 Å². The molecule has 0 unspecified atom stereocenters. The lowest BCUT2D eigenvalue weighted by atomic mass is 10.0. The molecule has 2 aliphatic rings. The van der Waals surface area contributed by atoms with Crippen LogP contribution in [-0.4, -0.2) is 60.6 Å². The average Bonchev–Trinajstić information content (AvgIpc) is 3.08. The van der Waals surface area contributed by atoms with Crippen LogP contribution in [0.2, 0.25) is 0 Å². The number of amides is 2. The number of hydrogen-bond acceptors (Lipinski definition) is 7. The lowest BCUT2D eigenvalue weighted by Crippen LogP contribution is -2.42. The van der Waals surface area contributed by atoms with E-state index in [0.29, 0.717) is 11.6 Å². The van der Waals surface area contributed by atoms with Gasteiger partial charge in [-0.1, -0.05) is 26.0 Å². The topological polar surface area (TPSA) is 122 Å². The Labute approximate surface area is 181 Å². The van der Waals surface area contributed by atoms with E-state index in [9.17, 15) is 22.8 Å². The van der Waals surface area contributed by atoms with Crippen molar-refractivity contribution in [3.8, 4) is 0 Å². The maximum Gasteiger partial charge on any atom is 0.355 e. The Bertz CT molecular complexity index is 1000. The Morgan fingerprint density at radius 1 is 1.16 bits per heavy atom. The van der Waals surface area contributed by atoms with Gasteiger partial charge in [0.2, 0.25) is 5.91 Å². The minimum atomic E-state index is -3.21. The summed E-state index contributed by atoms with van der Waals surface area (Å²) in [4.78, 5) is 37.0. The first-order chi connectivity index (χ1) is 14.6. The van der Waals surface area contributed by atoms with Gasteiger partial charge in [-0.2, -0.15) is 5.10 Å². The minimum absolute atomic E-state index is 0.00448. The highest BCUT2D eigenvalue weighted by molar-refractivity contribution is 7.91. The second-order valence-electron chi connectivity index (χ2n) is 8.16. The van der Waals surface area contributed by atoms with Gasteiger partial charge in [-0.25, -0.2) is 18.2 Å². The van der Waals surface area contributed by atoms with Gasteiger partial charge in [0.1, 0.15) is 5.71 Å². The third-order valence-corrected chi connectivity index (χ3v) is 7.10. The molecule has 3 rings (SSSR count). The molecule has 0 spiro atoms. The number of esters is 1. The molecule has 0 aliphatic carbocycles. The smallest absolute Gasteiger partial charge is 0.355 e. The molecule has 0 aromatic heterocycles. The summed E-state index contributed by atoms with van der Waals surface area (Å²) >= 11 is 0. The molecule has 0 bridgehead atoms. The molecule has 1 N–H and O–H groups in total. The molecule has 9 nitrogen and oxygen atoms in total. The van der Waals surface area contributed by atoms with Gasteiger partial charge in [-0.3, -0.25) is 9.59 Å². The molecule has 2 amide bonds. The molecule has 168 valence electrons. The van der Waals surface area contributed by atoms with Gasteiger partial charge in [0, 0.05) is 18.5 Å². The SMILES string of the molecule is CC(C)c1ccc(NC(=O)[C@@H](C)OC(=O)C2=NN([C@H]3CCS(=O)(=O)C3)C(=O)CC2)cc1. The lowest BCUT2D eigenvalue weighted by molar-refractivity contribution is -0.147. The van der Waals surface area contributed by atoms with E-state index >= 15 is 0 Å². The van der Waals surface area contributed by atoms with Crippen molar-refractivity contribution in [2.24, 2.45) is 5.10 Å². The van der Waals surface area contributed by atoms with Crippen LogP contribution in [0.3, 0.4) is 0 Å². The summed E-state index contributed by atoms with van der Waals surface area (Å²) in [6, 6.07) is 6.83. The Hall–Kier alpha value is -2.75. The highest BCUT2D eigenvalue weighted by atomic mass is 32.2. The zero-order valence-corrected chi connectivity index (χ0v) is 18.6. The third kappa shape index (κ3) is 5.69. The predicted octanol–water partition coefficient (Wildman–Crippen LogP) is 1.85. The van der Waals surface area contributed by atoms with Gasteiger partial charge in [0.15, 0.2) is 15.9 Å². The van der Waals surface area contributed by atoms with Crippen LogP contribution in [0.4, 0.5) is 5.69 Å². The lowest BCUT2D eigenvalue weighted by Gasteiger charge is -2.27. The largest absolute Gasteiger partial charge is 0.448 e. The molecule has 2 aliphatic heterocycles. The van der Waals surface area contributed by atoms with Crippen molar-refractivity contribution in [3.05, 3.63) is 29.8 Å². The Morgan fingerprint density at radius 3 is 2.42 bits per heavy atom. The summed E-state index contributed by atoms with van der Waals surface area (Å²) in [7, 11) is -3.21. The second kappa shape index (κ2) is 9.17. The molecule has 10 heteroatoms.